The predicted octanol–water partition coefficient (Wildman–Crippen LogP) is 4.10. The first-order chi connectivity index (χ1) is 7.77. The van der Waals surface area contributed by atoms with Gasteiger partial charge in [-0.05, 0) is 12.8 Å². The molecule has 1 N–H and O–H groups in total. The molecular weight excluding hydrogens is 200 g/mol. The average molecular weight is 222 g/mol. The molecule has 0 atom stereocenters. The molecule has 0 saturated heterocycles. The molecule has 0 amide bonds. The summed E-state index contributed by atoms with van der Waals surface area (Å²) in [5.74, 6) is -0.912. The lowest BCUT2D eigenvalue weighted by molar-refractivity contribution is -0.131. The zero-order chi connectivity index (χ0) is 12.1. The van der Waals surface area contributed by atoms with Crippen molar-refractivity contribution in [3.05, 3.63) is 36.5 Å². The summed E-state index contributed by atoms with van der Waals surface area (Å²) in [6, 6.07) is 0. The van der Waals surface area contributed by atoms with E-state index in [2.05, 4.69) is 13.0 Å². The van der Waals surface area contributed by atoms with Crippen LogP contribution in [-0.4, -0.2) is 11.1 Å². The molecule has 0 rings (SSSR count). The van der Waals surface area contributed by atoms with Crippen LogP contribution in [0.1, 0.15) is 45.4 Å². The van der Waals surface area contributed by atoms with Crippen molar-refractivity contribution in [1.82, 2.24) is 0 Å². The van der Waals surface area contributed by atoms with Gasteiger partial charge in [-0.3, -0.25) is 0 Å². The third-order valence-electron chi connectivity index (χ3n) is 2.18. The summed E-state index contributed by atoms with van der Waals surface area (Å²) in [5, 5.41) is 8.32. The van der Waals surface area contributed by atoms with Gasteiger partial charge in [-0.25, -0.2) is 4.79 Å². The Hall–Kier alpha value is -1.31. The van der Waals surface area contributed by atoms with E-state index in [0.717, 1.165) is 12.5 Å². The quantitative estimate of drug-likeness (QED) is 0.362. The molecule has 0 saturated carbocycles. The van der Waals surface area contributed by atoms with Crippen LogP contribution in [0, 0.1) is 0 Å². The molecule has 0 aromatic rings. The fourth-order valence-electron chi connectivity index (χ4n) is 1.31. The Kier molecular flexibility index (Phi) is 10.8. The zero-order valence-electron chi connectivity index (χ0n) is 10.1. The number of hydrogen-bond acceptors (Lipinski definition) is 1. The summed E-state index contributed by atoms with van der Waals surface area (Å²) >= 11 is 0. The highest BCUT2D eigenvalue weighted by atomic mass is 16.4. The highest BCUT2D eigenvalue weighted by Crippen LogP contribution is 2.05. The van der Waals surface area contributed by atoms with Crippen molar-refractivity contribution in [2.45, 2.75) is 45.4 Å². The van der Waals surface area contributed by atoms with Crippen LogP contribution in [0.4, 0.5) is 0 Å². The highest BCUT2D eigenvalue weighted by Gasteiger charge is 1.85. The van der Waals surface area contributed by atoms with Gasteiger partial charge < -0.3 is 5.11 Å². The SMILES string of the molecule is CCCCCCCC=CC=C/C=C/C(=O)O. The fraction of sp³-hybridized carbons (Fsp3) is 0.500. The van der Waals surface area contributed by atoms with Gasteiger partial charge in [0.2, 0.25) is 0 Å². The molecule has 2 nitrogen and oxygen atoms in total. The lowest BCUT2D eigenvalue weighted by Crippen LogP contribution is -1.84. The second-order valence-corrected chi connectivity index (χ2v) is 3.71. The van der Waals surface area contributed by atoms with Crippen LogP contribution in [0.15, 0.2) is 36.5 Å². The molecule has 90 valence electrons. The molecule has 0 spiro atoms. The maximum absolute atomic E-state index is 10.1. The number of hydrogen-bond donors (Lipinski definition) is 1. The number of allylic oxidation sites excluding steroid dienone is 5. The van der Waals surface area contributed by atoms with Crippen LogP contribution in [0.5, 0.6) is 0 Å². The van der Waals surface area contributed by atoms with Crippen LogP contribution >= 0.6 is 0 Å². The molecule has 0 aliphatic heterocycles. The van der Waals surface area contributed by atoms with E-state index in [1.54, 1.807) is 6.08 Å². The second kappa shape index (κ2) is 11.8. The van der Waals surface area contributed by atoms with E-state index in [0.29, 0.717) is 0 Å². The molecule has 0 aromatic carbocycles. The largest absolute Gasteiger partial charge is 0.478 e. The third-order valence-corrected chi connectivity index (χ3v) is 2.18. The highest BCUT2D eigenvalue weighted by molar-refractivity contribution is 5.80. The van der Waals surface area contributed by atoms with E-state index in [1.807, 2.05) is 12.2 Å². The monoisotopic (exact) mass is 222 g/mol. The molecule has 0 bridgehead atoms. The second-order valence-electron chi connectivity index (χ2n) is 3.71. The first-order valence-corrected chi connectivity index (χ1v) is 6.00. The van der Waals surface area contributed by atoms with Gasteiger partial charge in [0.15, 0.2) is 0 Å². The summed E-state index contributed by atoms with van der Waals surface area (Å²) in [6.45, 7) is 2.22. The Bertz CT molecular complexity index is 249. The topological polar surface area (TPSA) is 37.3 Å². The van der Waals surface area contributed by atoms with Gasteiger partial charge in [0.25, 0.3) is 0 Å². The van der Waals surface area contributed by atoms with Gasteiger partial charge in [-0.2, -0.15) is 0 Å². The Labute approximate surface area is 98.4 Å². The maximum Gasteiger partial charge on any atom is 0.328 e. The van der Waals surface area contributed by atoms with Crippen molar-refractivity contribution in [2.75, 3.05) is 0 Å². The van der Waals surface area contributed by atoms with Gasteiger partial charge >= 0.3 is 5.97 Å². The van der Waals surface area contributed by atoms with Crippen LogP contribution in [0.25, 0.3) is 0 Å². The standard InChI is InChI=1S/C14H22O2/c1-2-3-4-5-6-7-8-9-10-11-12-13-14(15)16/h8-13H,2-7H2,1H3,(H,15,16)/b9-8?,11-10?,13-12+. The van der Waals surface area contributed by atoms with Gasteiger partial charge in [-0.1, -0.05) is 63.0 Å². The molecule has 0 heterocycles. The van der Waals surface area contributed by atoms with E-state index in [4.69, 9.17) is 5.11 Å². The van der Waals surface area contributed by atoms with Crippen molar-refractivity contribution in [3.8, 4) is 0 Å². The lowest BCUT2D eigenvalue weighted by atomic mass is 10.1. The van der Waals surface area contributed by atoms with Gasteiger partial charge in [-0.15, -0.1) is 0 Å². The number of aliphatic carboxylic acids is 1. The summed E-state index contributed by atoms with van der Waals surface area (Å²) < 4.78 is 0. The zero-order valence-corrected chi connectivity index (χ0v) is 10.1. The van der Waals surface area contributed by atoms with Gasteiger partial charge in [0, 0.05) is 6.08 Å². The molecule has 0 unspecified atom stereocenters. The lowest BCUT2D eigenvalue weighted by Gasteiger charge is -1.95. The molecule has 0 aliphatic rings. The molecule has 0 aromatic heterocycles. The molecule has 0 radical (unpaired) electrons. The summed E-state index contributed by atoms with van der Waals surface area (Å²) in [7, 11) is 0. The van der Waals surface area contributed by atoms with Crippen LogP contribution in [0.2, 0.25) is 0 Å². The van der Waals surface area contributed by atoms with Crippen molar-refractivity contribution < 1.29 is 9.90 Å². The molecule has 2 heteroatoms. The molecule has 0 fully saturated rings. The van der Waals surface area contributed by atoms with Crippen LogP contribution in [0.3, 0.4) is 0 Å². The summed E-state index contributed by atoms with van der Waals surface area (Å²) in [4.78, 5) is 10.1. The van der Waals surface area contributed by atoms with Gasteiger partial charge in [0.05, 0.1) is 0 Å². The molecule has 16 heavy (non-hydrogen) atoms. The number of unbranched alkanes of at least 4 members (excludes halogenated alkanes) is 5. The first kappa shape index (κ1) is 14.7. The van der Waals surface area contributed by atoms with Crippen molar-refractivity contribution in [2.24, 2.45) is 0 Å². The Morgan fingerprint density at radius 2 is 1.69 bits per heavy atom. The van der Waals surface area contributed by atoms with Crippen LogP contribution in [-0.2, 0) is 4.79 Å². The normalized spacial score (nSPS) is 12.1. The van der Waals surface area contributed by atoms with E-state index in [-0.39, 0.29) is 0 Å². The maximum atomic E-state index is 10.1. The summed E-state index contributed by atoms with van der Waals surface area (Å²) in [6.07, 6.45) is 17.9. The third kappa shape index (κ3) is 12.7. The van der Waals surface area contributed by atoms with E-state index < -0.39 is 5.97 Å². The summed E-state index contributed by atoms with van der Waals surface area (Å²) in [5.41, 5.74) is 0. The smallest absolute Gasteiger partial charge is 0.328 e. The number of carbonyl (C=O) groups is 1. The van der Waals surface area contributed by atoms with Crippen LogP contribution < -0.4 is 0 Å². The number of carboxylic acid groups (broad SMARTS) is 1. The molecule has 0 aliphatic carbocycles. The molecular formula is C14H22O2. The Morgan fingerprint density at radius 1 is 1.00 bits per heavy atom. The average Bonchev–Trinajstić information content (AvgIpc) is 2.25. The first-order valence-electron chi connectivity index (χ1n) is 6.00. The van der Waals surface area contributed by atoms with Crippen molar-refractivity contribution in [3.63, 3.8) is 0 Å². The van der Waals surface area contributed by atoms with Crippen molar-refractivity contribution >= 4 is 5.97 Å². The predicted molar refractivity (Wildman–Crippen MR) is 68.4 cm³/mol. The van der Waals surface area contributed by atoms with E-state index >= 15 is 0 Å². The minimum Gasteiger partial charge on any atom is -0.478 e. The minimum absolute atomic E-state index is 0.912. The van der Waals surface area contributed by atoms with E-state index in [1.165, 1.54) is 38.2 Å². The van der Waals surface area contributed by atoms with Crippen molar-refractivity contribution in [1.29, 1.82) is 0 Å². The Balaban J connectivity index is 3.37. The van der Waals surface area contributed by atoms with E-state index in [9.17, 15) is 4.79 Å². The fourth-order valence-corrected chi connectivity index (χ4v) is 1.31. The number of rotatable bonds is 9. The Morgan fingerprint density at radius 3 is 2.38 bits per heavy atom. The van der Waals surface area contributed by atoms with Gasteiger partial charge in [0.1, 0.15) is 0 Å². The minimum atomic E-state index is -0.912. The number of carboxylic acids is 1.